The van der Waals surface area contributed by atoms with Crippen LogP contribution in [0.2, 0.25) is 0 Å². The molecule has 0 aliphatic carbocycles. The largest absolute Gasteiger partial charge is 0.359 e. The van der Waals surface area contributed by atoms with Crippen molar-refractivity contribution in [3.05, 3.63) is 11.8 Å². The van der Waals surface area contributed by atoms with E-state index in [1.807, 2.05) is 34.6 Å². The molecular weight excluding hydrogens is 266 g/mol. The first-order valence-electron chi connectivity index (χ1n) is 7.35. The SMILES string of the molecule is CC(C)(C)CC(C)(C)NC(=O)Nc1cc(C(C)(C)C)on1. The molecule has 0 unspecified atom stereocenters. The van der Waals surface area contributed by atoms with E-state index >= 15 is 0 Å². The average Bonchev–Trinajstić information content (AvgIpc) is 2.59. The third-order valence-corrected chi connectivity index (χ3v) is 2.92. The van der Waals surface area contributed by atoms with E-state index < -0.39 is 0 Å². The minimum absolute atomic E-state index is 0.130. The highest BCUT2D eigenvalue weighted by Crippen LogP contribution is 2.27. The summed E-state index contributed by atoms with van der Waals surface area (Å²) < 4.78 is 5.25. The third kappa shape index (κ3) is 6.19. The number of urea groups is 1. The fourth-order valence-electron chi connectivity index (χ4n) is 2.51. The first-order valence-corrected chi connectivity index (χ1v) is 7.35. The fourth-order valence-corrected chi connectivity index (χ4v) is 2.51. The van der Waals surface area contributed by atoms with Gasteiger partial charge in [-0.05, 0) is 25.7 Å². The van der Waals surface area contributed by atoms with Crippen LogP contribution in [0.4, 0.5) is 10.6 Å². The van der Waals surface area contributed by atoms with Crippen LogP contribution in [0.15, 0.2) is 10.6 Å². The van der Waals surface area contributed by atoms with Crippen LogP contribution in [0.25, 0.3) is 0 Å². The number of hydrogen-bond acceptors (Lipinski definition) is 3. The summed E-state index contributed by atoms with van der Waals surface area (Å²) in [5, 5.41) is 9.58. The van der Waals surface area contributed by atoms with Crippen LogP contribution < -0.4 is 10.6 Å². The monoisotopic (exact) mass is 295 g/mol. The van der Waals surface area contributed by atoms with E-state index in [1.165, 1.54) is 0 Å². The van der Waals surface area contributed by atoms with Gasteiger partial charge in [0, 0.05) is 17.0 Å². The van der Waals surface area contributed by atoms with Crippen LogP contribution in [0.1, 0.15) is 67.6 Å². The highest BCUT2D eigenvalue weighted by Gasteiger charge is 2.27. The molecule has 1 rings (SSSR count). The van der Waals surface area contributed by atoms with E-state index in [-0.39, 0.29) is 22.4 Å². The molecule has 1 aromatic heterocycles. The topological polar surface area (TPSA) is 67.2 Å². The van der Waals surface area contributed by atoms with Crippen molar-refractivity contribution in [1.82, 2.24) is 10.5 Å². The summed E-state index contributed by atoms with van der Waals surface area (Å²) in [4.78, 5) is 12.1. The van der Waals surface area contributed by atoms with Gasteiger partial charge in [0.05, 0.1) is 0 Å². The summed E-state index contributed by atoms with van der Waals surface area (Å²) in [5.41, 5.74) is -0.280. The smallest absolute Gasteiger partial charge is 0.320 e. The first kappa shape index (κ1) is 17.5. The molecule has 0 aliphatic heterocycles. The number of amides is 2. The van der Waals surface area contributed by atoms with Crippen LogP contribution in [-0.4, -0.2) is 16.7 Å². The molecule has 1 aromatic rings. The Morgan fingerprint density at radius 2 is 1.71 bits per heavy atom. The van der Waals surface area contributed by atoms with E-state index in [0.717, 1.165) is 12.2 Å². The Hall–Kier alpha value is -1.52. The van der Waals surface area contributed by atoms with Crippen molar-refractivity contribution in [2.45, 2.75) is 72.8 Å². The molecule has 120 valence electrons. The third-order valence-electron chi connectivity index (χ3n) is 2.92. The Labute approximate surface area is 127 Å². The molecule has 0 bridgehead atoms. The van der Waals surface area contributed by atoms with E-state index in [1.54, 1.807) is 6.07 Å². The molecule has 0 saturated heterocycles. The number of carbonyl (C=O) groups excluding carboxylic acids is 1. The number of aromatic nitrogens is 1. The number of rotatable bonds is 3. The zero-order valence-corrected chi connectivity index (χ0v) is 14.5. The molecule has 21 heavy (non-hydrogen) atoms. The normalized spacial score (nSPS) is 13.1. The Morgan fingerprint density at radius 1 is 1.14 bits per heavy atom. The fraction of sp³-hybridized carbons (Fsp3) is 0.750. The molecule has 0 radical (unpaired) electrons. The first-order chi connectivity index (χ1) is 9.28. The lowest BCUT2D eigenvalue weighted by Gasteiger charge is -2.33. The molecule has 5 nitrogen and oxygen atoms in total. The van der Waals surface area contributed by atoms with Crippen molar-refractivity contribution in [1.29, 1.82) is 0 Å². The highest BCUT2D eigenvalue weighted by atomic mass is 16.5. The lowest BCUT2D eigenvalue weighted by Crippen LogP contribution is -2.47. The quantitative estimate of drug-likeness (QED) is 0.873. The summed E-state index contributed by atoms with van der Waals surface area (Å²) >= 11 is 0. The standard InChI is InChI=1S/C16H29N3O2/c1-14(2,3)10-16(7,8)18-13(20)17-12-9-11(21-19-12)15(4,5)6/h9H,10H2,1-8H3,(H2,17,18,19,20). The lowest BCUT2D eigenvalue weighted by atomic mass is 9.82. The number of nitrogens with zero attached hydrogens (tertiary/aromatic N) is 1. The van der Waals surface area contributed by atoms with Crippen molar-refractivity contribution >= 4 is 11.8 Å². The predicted octanol–water partition coefficient (Wildman–Crippen LogP) is 4.31. The number of anilines is 1. The van der Waals surface area contributed by atoms with E-state index in [9.17, 15) is 4.79 Å². The Morgan fingerprint density at radius 3 is 2.14 bits per heavy atom. The van der Waals surface area contributed by atoms with Crippen molar-refractivity contribution < 1.29 is 9.32 Å². The molecule has 0 saturated carbocycles. The van der Waals surface area contributed by atoms with E-state index in [2.05, 4.69) is 36.6 Å². The van der Waals surface area contributed by atoms with Gasteiger partial charge in [-0.15, -0.1) is 0 Å². The zero-order chi connectivity index (χ0) is 16.5. The Bertz CT molecular complexity index is 490. The van der Waals surface area contributed by atoms with Crippen molar-refractivity contribution in [3.63, 3.8) is 0 Å². The molecule has 0 atom stereocenters. The van der Waals surface area contributed by atoms with Crippen LogP contribution >= 0.6 is 0 Å². The van der Waals surface area contributed by atoms with Gasteiger partial charge in [-0.2, -0.15) is 0 Å². The molecule has 0 fully saturated rings. The van der Waals surface area contributed by atoms with Gasteiger partial charge < -0.3 is 9.84 Å². The van der Waals surface area contributed by atoms with Gasteiger partial charge >= 0.3 is 6.03 Å². The Balaban J connectivity index is 2.64. The predicted molar refractivity (Wildman–Crippen MR) is 85.5 cm³/mol. The lowest BCUT2D eigenvalue weighted by molar-refractivity contribution is 0.220. The summed E-state index contributed by atoms with van der Waals surface area (Å²) in [5.74, 6) is 1.18. The molecule has 0 aromatic carbocycles. The maximum absolute atomic E-state index is 12.1. The van der Waals surface area contributed by atoms with Gasteiger partial charge in [0.15, 0.2) is 5.82 Å². The molecule has 2 amide bonds. The Kier molecular flexibility index (Phi) is 4.76. The summed E-state index contributed by atoms with van der Waals surface area (Å²) in [6.45, 7) is 16.6. The second kappa shape index (κ2) is 5.70. The van der Waals surface area contributed by atoms with Gasteiger partial charge in [-0.1, -0.05) is 46.7 Å². The minimum Gasteiger partial charge on any atom is -0.359 e. The second-order valence-corrected chi connectivity index (χ2v) is 8.53. The van der Waals surface area contributed by atoms with Gasteiger partial charge in [0.25, 0.3) is 0 Å². The van der Waals surface area contributed by atoms with Crippen LogP contribution in [0.5, 0.6) is 0 Å². The van der Waals surface area contributed by atoms with Crippen molar-refractivity contribution in [2.24, 2.45) is 5.41 Å². The molecule has 1 heterocycles. The zero-order valence-electron chi connectivity index (χ0n) is 14.5. The average molecular weight is 295 g/mol. The van der Waals surface area contributed by atoms with Gasteiger partial charge in [0.1, 0.15) is 5.76 Å². The molecule has 2 N–H and O–H groups in total. The van der Waals surface area contributed by atoms with E-state index in [0.29, 0.717) is 5.82 Å². The number of nitrogens with one attached hydrogen (secondary N) is 2. The maximum atomic E-state index is 12.1. The number of hydrogen-bond donors (Lipinski definition) is 2. The molecular formula is C16H29N3O2. The van der Waals surface area contributed by atoms with Crippen LogP contribution in [0.3, 0.4) is 0 Å². The van der Waals surface area contributed by atoms with Gasteiger partial charge in [-0.25, -0.2) is 4.79 Å². The van der Waals surface area contributed by atoms with E-state index in [4.69, 9.17) is 4.52 Å². The van der Waals surface area contributed by atoms with Crippen LogP contribution in [0, 0.1) is 5.41 Å². The second-order valence-electron chi connectivity index (χ2n) is 8.53. The number of carbonyl (C=O) groups is 1. The van der Waals surface area contributed by atoms with Gasteiger partial charge in [0.2, 0.25) is 0 Å². The summed E-state index contributed by atoms with van der Waals surface area (Å²) in [7, 11) is 0. The van der Waals surface area contributed by atoms with Crippen molar-refractivity contribution in [2.75, 3.05) is 5.32 Å². The molecule has 5 heteroatoms. The highest BCUT2D eigenvalue weighted by molar-refractivity contribution is 5.88. The molecule has 0 aliphatic rings. The van der Waals surface area contributed by atoms with Crippen molar-refractivity contribution in [3.8, 4) is 0 Å². The summed E-state index contributed by atoms with van der Waals surface area (Å²) in [6.07, 6.45) is 0.874. The van der Waals surface area contributed by atoms with Gasteiger partial charge in [-0.3, -0.25) is 5.32 Å². The summed E-state index contributed by atoms with van der Waals surface area (Å²) in [6, 6.07) is 1.49. The minimum atomic E-state index is -0.293. The molecule has 0 spiro atoms. The maximum Gasteiger partial charge on any atom is 0.320 e. The van der Waals surface area contributed by atoms with Crippen LogP contribution in [-0.2, 0) is 5.41 Å².